The van der Waals surface area contributed by atoms with E-state index in [1.165, 1.54) is 0 Å². The van der Waals surface area contributed by atoms with Crippen LogP contribution in [0.2, 0.25) is 0 Å². The maximum absolute atomic E-state index is 4.52. The Kier molecular flexibility index (Phi) is 4.18. The molecule has 120 valence electrons. The fourth-order valence-electron chi connectivity index (χ4n) is 3.61. The van der Waals surface area contributed by atoms with Crippen LogP contribution in [0.1, 0.15) is 54.1 Å². The van der Waals surface area contributed by atoms with Crippen molar-refractivity contribution in [1.82, 2.24) is 29.9 Å². The molecule has 3 aromatic rings. The summed E-state index contributed by atoms with van der Waals surface area (Å²) in [6, 6.07) is 0. The van der Waals surface area contributed by atoms with E-state index in [2.05, 4.69) is 29.9 Å². The summed E-state index contributed by atoms with van der Waals surface area (Å²) in [7, 11) is 0. The number of hydrogen-bond donors (Lipinski definition) is 0. The first-order valence-corrected chi connectivity index (χ1v) is 8.18. The molecular weight excluding hydrogens is 300 g/mol. The van der Waals surface area contributed by atoms with Gasteiger partial charge in [0.15, 0.2) is 0 Å². The van der Waals surface area contributed by atoms with E-state index in [4.69, 9.17) is 0 Å². The Morgan fingerprint density at radius 1 is 0.500 bits per heavy atom. The zero-order chi connectivity index (χ0) is 16.2. The van der Waals surface area contributed by atoms with Gasteiger partial charge in [-0.3, -0.25) is 29.9 Å². The van der Waals surface area contributed by atoms with E-state index in [1.54, 1.807) is 37.2 Å². The number of aromatic nitrogens is 6. The van der Waals surface area contributed by atoms with Gasteiger partial charge in [0, 0.05) is 73.5 Å². The van der Waals surface area contributed by atoms with Crippen LogP contribution in [0.5, 0.6) is 0 Å². The van der Waals surface area contributed by atoms with Crippen LogP contribution in [-0.2, 0) is 0 Å². The first-order chi connectivity index (χ1) is 11.9. The molecule has 0 bridgehead atoms. The van der Waals surface area contributed by atoms with Crippen LogP contribution < -0.4 is 0 Å². The van der Waals surface area contributed by atoms with Crippen molar-refractivity contribution < 1.29 is 0 Å². The second-order valence-corrected chi connectivity index (χ2v) is 6.19. The van der Waals surface area contributed by atoms with Gasteiger partial charge in [0.25, 0.3) is 0 Å². The van der Waals surface area contributed by atoms with E-state index in [-0.39, 0.29) is 0 Å². The van der Waals surface area contributed by atoms with Gasteiger partial charge in [-0.2, -0.15) is 0 Å². The average molecular weight is 318 g/mol. The van der Waals surface area contributed by atoms with Crippen molar-refractivity contribution >= 4 is 0 Å². The van der Waals surface area contributed by atoms with Crippen molar-refractivity contribution in [3.63, 3.8) is 0 Å². The third kappa shape index (κ3) is 3.13. The summed E-state index contributed by atoms with van der Waals surface area (Å²) in [5.41, 5.74) is 3.12. The smallest absolute Gasteiger partial charge is 0.0617 e. The van der Waals surface area contributed by atoms with Crippen LogP contribution in [0, 0.1) is 0 Å². The molecule has 3 aromatic heterocycles. The normalized spacial score (nSPS) is 23.8. The molecule has 1 aliphatic carbocycles. The molecule has 0 aliphatic heterocycles. The summed E-state index contributed by atoms with van der Waals surface area (Å²) in [5, 5.41) is 0. The Bertz CT molecular complexity index is 651. The third-order valence-corrected chi connectivity index (χ3v) is 4.71. The van der Waals surface area contributed by atoms with E-state index < -0.39 is 0 Å². The van der Waals surface area contributed by atoms with E-state index >= 15 is 0 Å². The van der Waals surface area contributed by atoms with Crippen LogP contribution in [0.25, 0.3) is 0 Å². The van der Waals surface area contributed by atoms with E-state index in [0.29, 0.717) is 17.8 Å². The molecule has 0 radical (unpaired) electrons. The molecule has 0 aromatic carbocycles. The molecule has 1 saturated carbocycles. The van der Waals surface area contributed by atoms with Crippen molar-refractivity contribution in [2.24, 2.45) is 0 Å². The molecule has 0 atom stereocenters. The standard InChI is InChI=1S/C18H18N6/c1-4-22-16(10-19-1)13-7-14(17-11-20-2-5-23-17)9-15(8-13)18-12-21-3-6-24-18/h1-6,10-15H,7-9H2. The zero-order valence-corrected chi connectivity index (χ0v) is 13.2. The lowest BCUT2D eigenvalue weighted by Gasteiger charge is -2.33. The first kappa shape index (κ1) is 14.8. The first-order valence-electron chi connectivity index (χ1n) is 8.18. The fourth-order valence-corrected chi connectivity index (χ4v) is 3.61. The molecule has 24 heavy (non-hydrogen) atoms. The summed E-state index contributed by atoms with van der Waals surface area (Å²) in [4.78, 5) is 26.3. The molecule has 0 amide bonds. The number of rotatable bonds is 3. The lowest BCUT2D eigenvalue weighted by Crippen LogP contribution is -2.22. The maximum atomic E-state index is 4.52. The van der Waals surface area contributed by atoms with Gasteiger partial charge in [-0.25, -0.2) is 0 Å². The Morgan fingerprint density at radius 3 is 1.08 bits per heavy atom. The maximum Gasteiger partial charge on any atom is 0.0617 e. The van der Waals surface area contributed by atoms with E-state index in [9.17, 15) is 0 Å². The van der Waals surface area contributed by atoms with E-state index in [0.717, 1.165) is 36.3 Å². The van der Waals surface area contributed by atoms with Gasteiger partial charge in [-0.15, -0.1) is 0 Å². The summed E-state index contributed by atoms with van der Waals surface area (Å²) < 4.78 is 0. The van der Waals surface area contributed by atoms with Crippen LogP contribution in [-0.4, -0.2) is 29.9 Å². The van der Waals surface area contributed by atoms with Crippen molar-refractivity contribution in [2.45, 2.75) is 37.0 Å². The predicted molar refractivity (Wildman–Crippen MR) is 88.2 cm³/mol. The minimum atomic E-state index is 0.339. The molecule has 0 spiro atoms. The highest BCUT2D eigenvalue weighted by Gasteiger charge is 2.33. The van der Waals surface area contributed by atoms with Gasteiger partial charge in [-0.1, -0.05) is 0 Å². The molecule has 0 N–H and O–H groups in total. The Morgan fingerprint density at radius 2 is 0.833 bits per heavy atom. The highest BCUT2D eigenvalue weighted by Crippen LogP contribution is 2.46. The van der Waals surface area contributed by atoms with Gasteiger partial charge in [-0.05, 0) is 19.3 Å². The van der Waals surface area contributed by atoms with Crippen LogP contribution >= 0.6 is 0 Å². The molecule has 4 rings (SSSR count). The van der Waals surface area contributed by atoms with Crippen LogP contribution in [0.3, 0.4) is 0 Å². The van der Waals surface area contributed by atoms with Crippen molar-refractivity contribution in [3.8, 4) is 0 Å². The molecule has 3 heterocycles. The molecule has 0 saturated heterocycles. The fraction of sp³-hybridized carbons (Fsp3) is 0.333. The van der Waals surface area contributed by atoms with Crippen molar-refractivity contribution in [1.29, 1.82) is 0 Å². The SMILES string of the molecule is c1cnc(C2CC(c3cnccn3)CC(c3cnccn3)C2)cn1. The molecule has 1 aliphatic rings. The summed E-state index contributed by atoms with van der Waals surface area (Å²) in [6.45, 7) is 0. The lowest BCUT2D eigenvalue weighted by atomic mass is 9.72. The largest absolute Gasteiger partial charge is 0.261 e. The molecule has 6 nitrogen and oxygen atoms in total. The molecule has 6 heteroatoms. The Balaban J connectivity index is 1.66. The monoisotopic (exact) mass is 318 g/mol. The highest BCUT2D eigenvalue weighted by molar-refractivity contribution is 5.18. The molecule has 0 unspecified atom stereocenters. The van der Waals surface area contributed by atoms with Crippen molar-refractivity contribution in [3.05, 3.63) is 72.9 Å². The molecule has 1 fully saturated rings. The summed E-state index contributed by atoms with van der Waals surface area (Å²) >= 11 is 0. The lowest BCUT2D eigenvalue weighted by molar-refractivity contribution is 0.337. The highest BCUT2D eigenvalue weighted by atomic mass is 14.8. The minimum Gasteiger partial charge on any atom is -0.261 e. The number of nitrogens with zero attached hydrogens (tertiary/aromatic N) is 6. The van der Waals surface area contributed by atoms with Gasteiger partial charge in [0.1, 0.15) is 0 Å². The van der Waals surface area contributed by atoms with Crippen LogP contribution in [0.15, 0.2) is 55.8 Å². The van der Waals surface area contributed by atoms with Gasteiger partial charge >= 0.3 is 0 Å². The summed E-state index contributed by atoms with van der Waals surface area (Å²) in [6.07, 6.45) is 19.1. The van der Waals surface area contributed by atoms with Crippen molar-refractivity contribution in [2.75, 3.05) is 0 Å². The zero-order valence-electron chi connectivity index (χ0n) is 13.2. The quantitative estimate of drug-likeness (QED) is 0.739. The Hall–Kier alpha value is -2.76. The van der Waals surface area contributed by atoms with Gasteiger partial charge < -0.3 is 0 Å². The second kappa shape index (κ2) is 6.78. The minimum absolute atomic E-state index is 0.339. The second-order valence-electron chi connectivity index (χ2n) is 6.19. The predicted octanol–water partition coefficient (Wildman–Crippen LogP) is 2.89. The number of hydrogen-bond acceptors (Lipinski definition) is 6. The molecular formula is C18H18N6. The third-order valence-electron chi connectivity index (χ3n) is 4.71. The van der Waals surface area contributed by atoms with E-state index in [1.807, 2.05) is 18.6 Å². The van der Waals surface area contributed by atoms with Gasteiger partial charge in [0.2, 0.25) is 0 Å². The average Bonchev–Trinajstić information content (AvgIpc) is 2.70. The van der Waals surface area contributed by atoms with Crippen LogP contribution in [0.4, 0.5) is 0 Å². The summed E-state index contributed by atoms with van der Waals surface area (Å²) in [5.74, 6) is 1.02. The van der Waals surface area contributed by atoms with Gasteiger partial charge in [0.05, 0.1) is 17.1 Å². The Labute approximate surface area is 140 Å². The topological polar surface area (TPSA) is 77.3 Å².